The number of hydrogen-bond acceptors (Lipinski definition) is 1. The minimum absolute atomic E-state index is 0.604. The van der Waals surface area contributed by atoms with Crippen molar-refractivity contribution in [2.45, 2.75) is 0 Å². The second-order valence-corrected chi connectivity index (χ2v) is 13.9. The Kier molecular flexibility index (Phi) is 6.61. The highest BCUT2D eigenvalue weighted by Gasteiger charge is 2.21. The highest BCUT2D eigenvalue weighted by atomic mass is 15.0. The van der Waals surface area contributed by atoms with Crippen molar-refractivity contribution in [1.29, 1.82) is 5.26 Å². The van der Waals surface area contributed by atoms with Crippen LogP contribution in [-0.2, 0) is 0 Å². The molecule has 11 aromatic rings. The molecule has 8 aromatic carbocycles. The molecule has 0 atom stereocenters. The number of aromatic nitrogens is 3. The molecule has 3 heterocycles. The van der Waals surface area contributed by atoms with E-state index in [0.29, 0.717) is 11.3 Å². The Bertz CT molecular complexity index is 3400. The minimum Gasteiger partial charge on any atom is -0.309 e. The van der Waals surface area contributed by atoms with Crippen LogP contribution in [0.25, 0.3) is 98.5 Å². The fourth-order valence-corrected chi connectivity index (χ4v) is 8.76. The first-order valence-electron chi connectivity index (χ1n) is 18.3. The Balaban J connectivity index is 1.12. The van der Waals surface area contributed by atoms with E-state index in [1.807, 2.05) is 24.3 Å². The predicted octanol–water partition coefficient (Wildman–Crippen LogP) is 13.1. The molecule has 3 aromatic heterocycles. The predicted molar refractivity (Wildman–Crippen MR) is 226 cm³/mol. The van der Waals surface area contributed by atoms with Crippen molar-refractivity contribution in [1.82, 2.24) is 13.7 Å². The van der Waals surface area contributed by atoms with Crippen LogP contribution in [-0.4, -0.2) is 13.7 Å². The molecule has 0 bridgehead atoms. The average Bonchev–Trinajstić information content (AvgIpc) is 3.89. The smallest absolute Gasteiger partial charge is 0.188 e. The van der Waals surface area contributed by atoms with Crippen LogP contribution in [0.2, 0.25) is 0 Å². The van der Waals surface area contributed by atoms with Crippen LogP contribution in [0.3, 0.4) is 0 Å². The lowest BCUT2D eigenvalue weighted by molar-refractivity contribution is 1.17. The van der Waals surface area contributed by atoms with E-state index < -0.39 is 0 Å². The molecule has 55 heavy (non-hydrogen) atoms. The topological polar surface area (TPSA) is 42.9 Å². The summed E-state index contributed by atoms with van der Waals surface area (Å²) in [5.74, 6) is 0. The maximum atomic E-state index is 9.73. The Morgan fingerprint density at radius 2 is 0.982 bits per heavy atom. The van der Waals surface area contributed by atoms with Gasteiger partial charge in [-0.2, -0.15) is 5.26 Å². The molecule has 0 aliphatic carbocycles. The fraction of sp³-hybridized carbons (Fsp3) is 0. The standard InChI is InChI=1S/C50H29N5/c1-52-34-24-28-46(54-42-15-6-2-11-36(42)37-12-3-7-16-43(37)54)40(30-34)33-22-25-35(26-23-33)53-45-18-9-5-14-39(45)50-48(53)19-10-20-49(50)55-44-17-8-4-13-38(44)41-29-32(31-51)21-27-47(41)55/h2-30H. The van der Waals surface area contributed by atoms with Crippen molar-refractivity contribution in [2.75, 3.05) is 0 Å². The molecule has 0 fully saturated rings. The number of nitrogens with zero attached hydrogens (tertiary/aromatic N) is 5. The van der Waals surface area contributed by atoms with Crippen molar-refractivity contribution in [3.05, 3.63) is 193 Å². The van der Waals surface area contributed by atoms with Crippen LogP contribution in [0.1, 0.15) is 5.56 Å². The van der Waals surface area contributed by atoms with Gasteiger partial charge in [0.1, 0.15) is 0 Å². The first-order valence-corrected chi connectivity index (χ1v) is 18.3. The molecule has 0 amide bonds. The van der Waals surface area contributed by atoms with E-state index in [2.05, 4.69) is 176 Å². The SMILES string of the molecule is [C-]#[N+]c1ccc(-n2c3ccccc3c3ccccc32)c(-c2ccc(-n3c4ccccc4c4c(-n5c6ccccc6c6cc(C#N)ccc65)cccc43)cc2)c1. The third kappa shape index (κ3) is 4.45. The van der Waals surface area contributed by atoms with E-state index in [9.17, 15) is 5.26 Å². The van der Waals surface area contributed by atoms with E-state index in [0.717, 1.165) is 82.8 Å². The molecule has 5 nitrogen and oxygen atoms in total. The average molecular weight is 700 g/mol. The summed E-state index contributed by atoms with van der Waals surface area (Å²) >= 11 is 0. The maximum Gasteiger partial charge on any atom is 0.188 e. The maximum absolute atomic E-state index is 9.73. The first kappa shape index (κ1) is 30.7. The van der Waals surface area contributed by atoms with Crippen LogP contribution >= 0.6 is 0 Å². The number of nitriles is 1. The monoisotopic (exact) mass is 699 g/mol. The molecule has 0 aliphatic heterocycles. The van der Waals surface area contributed by atoms with Gasteiger partial charge in [0.25, 0.3) is 0 Å². The molecule has 5 heteroatoms. The molecule has 0 N–H and O–H groups in total. The second kappa shape index (κ2) is 11.8. The van der Waals surface area contributed by atoms with Gasteiger partial charge in [-0.1, -0.05) is 97.1 Å². The highest BCUT2D eigenvalue weighted by Crippen LogP contribution is 2.42. The third-order valence-corrected chi connectivity index (χ3v) is 11.1. The second-order valence-electron chi connectivity index (χ2n) is 13.9. The zero-order valence-corrected chi connectivity index (χ0v) is 29.5. The van der Waals surface area contributed by atoms with Gasteiger partial charge >= 0.3 is 0 Å². The van der Waals surface area contributed by atoms with E-state index in [1.165, 1.54) is 10.8 Å². The van der Waals surface area contributed by atoms with Gasteiger partial charge in [-0.05, 0) is 90.0 Å². The third-order valence-electron chi connectivity index (χ3n) is 11.1. The summed E-state index contributed by atoms with van der Waals surface area (Å²) in [7, 11) is 0. The molecular weight excluding hydrogens is 671 g/mol. The van der Waals surface area contributed by atoms with E-state index in [1.54, 1.807) is 0 Å². The molecule has 254 valence electrons. The highest BCUT2D eigenvalue weighted by molar-refractivity contribution is 6.16. The van der Waals surface area contributed by atoms with Gasteiger partial charge < -0.3 is 13.7 Å². The fourth-order valence-electron chi connectivity index (χ4n) is 8.76. The van der Waals surface area contributed by atoms with E-state index >= 15 is 0 Å². The normalized spacial score (nSPS) is 11.6. The Hall–Kier alpha value is -7.86. The van der Waals surface area contributed by atoms with Gasteiger partial charge in [-0.15, -0.1) is 0 Å². The summed E-state index contributed by atoms with van der Waals surface area (Å²) in [4.78, 5) is 3.83. The zero-order chi connectivity index (χ0) is 36.6. The molecule has 0 radical (unpaired) electrons. The van der Waals surface area contributed by atoms with Gasteiger partial charge in [0.15, 0.2) is 5.69 Å². The zero-order valence-electron chi connectivity index (χ0n) is 29.5. The molecule has 0 spiro atoms. The molecule has 0 saturated heterocycles. The van der Waals surface area contributed by atoms with Crippen molar-refractivity contribution in [2.24, 2.45) is 0 Å². The number of fused-ring (bicyclic) bond motifs is 9. The van der Waals surface area contributed by atoms with Gasteiger partial charge in [-0.25, -0.2) is 4.85 Å². The molecular formula is C50H29N5. The molecule has 0 saturated carbocycles. The van der Waals surface area contributed by atoms with Crippen LogP contribution in [0.4, 0.5) is 5.69 Å². The molecule has 0 unspecified atom stereocenters. The van der Waals surface area contributed by atoms with Gasteiger partial charge in [0, 0.05) is 38.0 Å². The summed E-state index contributed by atoms with van der Waals surface area (Å²) in [6, 6.07) is 63.7. The summed E-state index contributed by atoms with van der Waals surface area (Å²) in [5.41, 5.74) is 13.1. The number of hydrogen-bond donors (Lipinski definition) is 0. The van der Waals surface area contributed by atoms with Crippen molar-refractivity contribution in [3.63, 3.8) is 0 Å². The summed E-state index contributed by atoms with van der Waals surface area (Å²) in [6.07, 6.45) is 0. The van der Waals surface area contributed by atoms with E-state index in [-0.39, 0.29) is 0 Å². The lowest BCUT2D eigenvalue weighted by Crippen LogP contribution is -1.98. The van der Waals surface area contributed by atoms with Crippen molar-refractivity contribution >= 4 is 71.1 Å². The summed E-state index contributed by atoms with van der Waals surface area (Å²) < 4.78 is 7.02. The lowest BCUT2D eigenvalue weighted by Gasteiger charge is -2.16. The van der Waals surface area contributed by atoms with Gasteiger partial charge in [0.05, 0.1) is 62.7 Å². The van der Waals surface area contributed by atoms with Crippen LogP contribution in [0.15, 0.2) is 176 Å². The van der Waals surface area contributed by atoms with Crippen LogP contribution in [0.5, 0.6) is 0 Å². The summed E-state index contributed by atoms with van der Waals surface area (Å²) in [6.45, 7) is 7.87. The first-order chi connectivity index (χ1) is 27.2. The number of para-hydroxylation sites is 4. The Morgan fingerprint density at radius 1 is 0.436 bits per heavy atom. The minimum atomic E-state index is 0.604. The van der Waals surface area contributed by atoms with Gasteiger partial charge in [-0.3, -0.25) is 0 Å². The Morgan fingerprint density at radius 3 is 1.62 bits per heavy atom. The van der Waals surface area contributed by atoms with Crippen LogP contribution in [0, 0.1) is 17.9 Å². The molecule has 11 rings (SSSR count). The lowest BCUT2D eigenvalue weighted by atomic mass is 10.0. The van der Waals surface area contributed by atoms with Crippen molar-refractivity contribution < 1.29 is 0 Å². The number of rotatable bonds is 4. The van der Waals surface area contributed by atoms with Crippen molar-refractivity contribution in [3.8, 4) is 34.3 Å². The van der Waals surface area contributed by atoms with E-state index in [4.69, 9.17) is 6.57 Å². The largest absolute Gasteiger partial charge is 0.309 e. The number of benzene rings is 8. The Labute approximate surface area is 316 Å². The van der Waals surface area contributed by atoms with Gasteiger partial charge in [0.2, 0.25) is 0 Å². The van der Waals surface area contributed by atoms with Crippen LogP contribution < -0.4 is 0 Å². The quantitative estimate of drug-likeness (QED) is 0.169. The summed E-state index contributed by atoms with van der Waals surface area (Å²) in [5, 5.41) is 16.6. The molecule has 0 aliphatic rings.